The molecule has 10 heteroatoms. The number of hydrogen-bond donors (Lipinski definition) is 0. The predicted molar refractivity (Wildman–Crippen MR) is 226 cm³/mol. The summed E-state index contributed by atoms with van der Waals surface area (Å²) in [7, 11) is 0.459. The zero-order valence-corrected chi connectivity index (χ0v) is 39.7. The molecule has 0 spiro atoms. The maximum atomic E-state index is 14.0. The van der Waals surface area contributed by atoms with E-state index in [0.717, 1.165) is 13.1 Å². The van der Waals surface area contributed by atoms with Crippen molar-refractivity contribution in [2.75, 3.05) is 34.1 Å². The Morgan fingerprint density at radius 2 is 0.681 bits per heavy atom. The van der Waals surface area contributed by atoms with Gasteiger partial charge in [-0.15, -0.1) is 0 Å². The van der Waals surface area contributed by atoms with Gasteiger partial charge in [-0.3, -0.25) is 4.90 Å². The van der Waals surface area contributed by atoms with E-state index in [-0.39, 0.29) is 6.80 Å². The third kappa shape index (κ3) is 31.6. The molecule has 0 atom stereocenters. The van der Waals surface area contributed by atoms with Crippen molar-refractivity contribution in [3.63, 3.8) is 0 Å². The molecule has 0 saturated carbocycles. The van der Waals surface area contributed by atoms with Crippen molar-refractivity contribution in [1.82, 2.24) is 4.90 Å². The lowest BCUT2D eigenvalue weighted by Gasteiger charge is -2.30. The highest BCUT2D eigenvalue weighted by Crippen LogP contribution is 2.30. The molecule has 0 rings (SSSR count). The van der Waals surface area contributed by atoms with Crippen molar-refractivity contribution in [3.8, 4) is 0 Å². The van der Waals surface area contributed by atoms with Crippen molar-refractivity contribution < 1.29 is 13.2 Å². The first-order chi connectivity index (χ1) is 22.2. The minimum atomic E-state index is -1.20. The molecule has 4 radical (unpaired) electrons. The fourth-order valence-corrected chi connectivity index (χ4v) is 24.5. The average molecular weight is 763 g/mol. The summed E-state index contributed by atoms with van der Waals surface area (Å²) in [5.74, 6) is 0. The maximum absolute atomic E-state index is 14.0. The zero-order chi connectivity index (χ0) is 35.5. The maximum Gasteiger partial charge on any atom is 0.229 e. The average Bonchev–Trinajstić information content (AvgIpc) is 3.00. The van der Waals surface area contributed by atoms with Crippen LogP contribution in [0.1, 0.15) is 89.9 Å². The van der Waals surface area contributed by atoms with Crippen molar-refractivity contribution in [2.45, 2.75) is 203 Å². The molecular formula is C37H84FNO2Si6. The largest absolute Gasteiger partial charge is 0.421 e. The number of rotatable bonds is 35. The van der Waals surface area contributed by atoms with E-state index in [2.05, 4.69) is 57.3 Å². The van der Waals surface area contributed by atoms with Gasteiger partial charge in [0.05, 0.1) is 0 Å². The van der Waals surface area contributed by atoms with Crippen LogP contribution in [-0.4, -0.2) is 90.8 Å². The summed E-state index contributed by atoms with van der Waals surface area (Å²) in [6.45, 7) is 22.6. The number of unbranched alkanes of at least 4 members (excludes halogenated alkanes) is 10. The lowest BCUT2D eigenvalue weighted by Crippen LogP contribution is -2.34. The zero-order valence-electron chi connectivity index (χ0n) is 33.7. The highest BCUT2D eigenvalue weighted by Gasteiger charge is 2.28. The minimum Gasteiger partial charge on any atom is -0.421 e. The monoisotopic (exact) mass is 762 g/mol. The van der Waals surface area contributed by atoms with E-state index in [4.69, 9.17) is 8.85 Å². The van der Waals surface area contributed by atoms with Crippen LogP contribution in [0.15, 0.2) is 0 Å². The van der Waals surface area contributed by atoms with Crippen molar-refractivity contribution in [3.05, 3.63) is 0 Å². The van der Waals surface area contributed by atoms with Gasteiger partial charge in [0.1, 0.15) is 6.80 Å². The Labute approximate surface area is 305 Å². The first kappa shape index (κ1) is 48.1. The molecule has 0 amide bonds. The number of nitrogens with zero attached hydrogens (tertiary/aromatic N) is 1. The summed E-state index contributed by atoms with van der Waals surface area (Å²) < 4.78 is 24.4. The molecule has 0 aliphatic carbocycles. The fraction of sp³-hybridized carbons (Fsp3) is 1.00. The van der Waals surface area contributed by atoms with Crippen LogP contribution >= 0.6 is 0 Å². The minimum absolute atomic E-state index is 0.259. The molecule has 0 aliphatic rings. The quantitative estimate of drug-likeness (QED) is 0.0365. The second-order valence-corrected chi connectivity index (χ2v) is 41.7. The Kier molecular flexibility index (Phi) is 29.3. The molecule has 0 unspecified atom stereocenters. The molecule has 0 aromatic heterocycles. The Morgan fingerprint density at radius 1 is 0.404 bits per heavy atom. The SMILES string of the molecule is CO[Si]CCCCCCCC[Si](C)(C)CC[Si](C)(C)CCCN(CF)CCC[Si](C)(C)CC[Si](C)(C)CCCCCCCC[Si]OC. The van der Waals surface area contributed by atoms with Crippen molar-refractivity contribution >= 4 is 51.8 Å². The van der Waals surface area contributed by atoms with Gasteiger partial charge < -0.3 is 8.85 Å². The lowest BCUT2D eigenvalue weighted by atomic mass is 10.1. The van der Waals surface area contributed by atoms with E-state index in [1.165, 1.54) is 150 Å². The Bertz CT molecular complexity index is 658. The molecule has 0 bridgehead atoms. The van der Waals surface area contributed by atoms with E-state index in [9.17, 15) is 4.39 Å². The van der Waals surface area contributed by atoms with Crippen LogP contribution < -0.4 is 0 Å². The molecule has 0 aromatic carbocycles. The highest BCUT2D eigenvalue weighted by atomic mass is 28.3. The number of halogens is 1. The number of hydrogen-bond acceptors (Lipinski definition) is 3. The van der Waals surface area contributed by atoms with E-state index in [1.54, 1.807) is 0 Å². The molecule has 280 valence electrons. The van der Waals surface area contributed by atoms with Crippen molar-refractivity contribution in [1.29, 1.82) is 0 Å². The molecule has 0 aromatic rings. The van der Waals surface area contributed by atoms with E-state index >= 15 is 0 Å². The second kappa shape index (κ2) is 28.7. The molecule has 0 aliphatic heterocycles. The van der Waals surface area contributed by atoms with Crippen LogP contribution in [0.2, 0.25) is 113 Å². The summed E-state index contributed by atoms with van der Waals surface area (Å²) in [6.07, 6.45) is 19.2. The van der Waals surface area contributed by atoms with Crippen molar-refractivity contribution in [2.24, 2.45) is 0 Å². The van der Waals surface area contributed by atoms with Gasteiger partial charge >= 0.3 is 0 Å². The summed E-state index contributed by atoms with van der Waals surface area (Å²) in [6, 6.07) is 14.2. The smallest absolute Gasteiger partial charge is 0.229 e. The van der Waals surface area contributed by atoms with Gasteiger partial charge in [-0.05, 0) is 24.9 Å². The first-order valence-electron chi connectivity index (χ1n) is 20.0. The van der Waals surface area contributed by atoms with E-state index in [1.807, 2.05) is 14.2 Å². The molecule has 0 fully saturated rings. The lowest BCUT2D eigenvalue weighted by molar-refractivity contribution is 0.185. The molecule has 47 heavy (non-hydrogen) atoms. The molecule has 3 nitrogen and oxygen atoms in total. The van der Waals surface area contributed by atoms with Gasteiger partial charge in [0.15, 0.2) is 0 Å². The Balaban J connectivity index is 4.14. The fourth-order valence-electron chi connectivity index (χ4n) is 6.87. The summed E-state index contributed by atoms with van der Waals surface area (Å²) in [5.41, 5.74) is 0. The highest BCUT2D eigenvalue weighted by molar-refractivity contribution is 6.83. The third-order valence-electron chi connectivity index (χ3n) is 10.8. The molecule has 0 N–H and O–H groups in total. The van der Waals surface area contributed by atoms with Gasteiger partial charge in [0.25, 0.3) is 0 Å². The predicted octanol–water partition coefficient (Wildman–Crippen LogP) is 12.9. The van der Waals surface area contributed by atoms with Crippen LogP contribution in [0, 0.1) is 0 Å². The van der Waals surface area contributed by atoms with E-state index in [0.29, 0.717) is 19.5 Å². The van der Waals surface area contributed by atoms with Crippen LogP contribution in [-0.2, 0) is 8.85 Å². The number of alkyl halides is 1. The Morgan fingerprint density at radius 3 is 0.979 bits per heavy atom. The summed E-state index contributed by atoms with van der Waals surface area (Å²) in [4.78, 5) is 2.13. The van der Waals surface area contributed by atoms with Gasteiger partial charge in [-0.2, -0.15) is 0 Å². The Hall–Kier alpha value is 1.11. The van der Waals surface area contributed by atoms with Gasteiger partial charge in [0, 0.05) is 59.6 Å². The summed E-state index contributed by atoms with van der Waals surface area (Å²) >= 11 is 0. The van der Waals surface area contributed by atoms with Crippen LogP contribution in [0.3, 0.4) is 0 Å². The molecule has 0 saturated heterocycles. The standard InChI is InChI=1S/C37H84FNO2Si6/c1-40-42-27-19-15-11-13-17-21-29-44(3,4)33-35-46(7,8)31-23-25-39(37-38)26-24-32-47(9,10)36-34-45(5,6)30-22-18-14-12-16-20-28-43-41-2/h11-37H2,1-10H3. The van der Waals surface area contributed by atoms with Crippen LogP contribution in [0.5, 0.6) is 0 Å². The topological polar surface area (TPSA) is 21.7 Å². The second-order valence-electron chi connectivity index (χ2n) is 18.0. The molecular weight excluding hydrogens is 678 g/mol. The third-order valence-corrected chi connectivity index (χ3v) is 26.8. The van der Waals surface area contributed by atoms with Crippen LogP contribution in [0.25, 0.3) is 0 Å². The van der Waals surface area contributed by atoms with E-state index < -0.39 is 32.3 Å². The molecule has 0 heterocycles. The first-order valence-corrected chi connectivity index (χ1v) is 35.9. The normalized spacial score (nSPS) is 13.3. The van der Waals surface area contributed by atoms with Gasteiger partial charge in [-0.1, -0.05) is 178 Å². The van der Waals surface area contributed by atoms with Gasteiger partial charge in [-0.25, -0.2) is 4.39 Å². The van der Waals surface area contributed by atoms with Gasteiger partial charge in [0.2, 0.25) is 19.5 Å². The van der Waals surface area contributed by atoms with Crippen LogP contribution in [0.4, 0.5) is 4.39 Å². The summed E-state index contributed by atoms with van der Waals surface area (Å²) in [5, 5.41) is 0.